The van der Waals surface area contributed by atoms with E-state index in [2.05, 4.69) is 10.3 Å². The summed E-state index contributed by atoms with van der Waals surface area (Å²) in [4.78, 5) is 33.7. The van der Waals surface area contributed by atoms with E-state index in [0.29, 0.717) is 47.7 Å². The lowest BCUT2D eigenvalue weighted by Gasteiger charge is -2.17. The van der Waals surface area contributed by atoms with Gasteiger partial charge in [-0.1, -0.05) is 29.5 Å². The molecule has 0 bridgehead atoms. The Labute approximate surface area is 201 Å². The summed E-state index contributed by atoms with van der Waals surface area (Å²) < 4.78 is 15.7. The maximum Gasteiger partial charge on any atom is 0.326 e. The van der Waals surface area contributed by atoms with E-state index in [1.807, 2.05) is 36.4 Å². The Morgan fingerprint density at radius 1 is 1.00 bits per heavy atom. The van der Waals surface area contributed by atoms with E-state index >= 15 is 0 Å². The first-order chi connectivity index (χ1) is 16.5. The van der Waals surface area contributed by atoms with E-state index in [9.17, 15) is 9.59 Å². The van der Waals surface area contributed by atoms with Crippen molar-refractivity contribution in [1.29, 1.82) is 0 Å². The molecule has 1 fully saturated rings. The lowest BCUT2D eigenvalue weighted by Crippen LogP contribution is -2.31. The minimum absolute atomic E-state index is 0.123. The number of thiazole rings is 1. The molecule has 0 atom stereocenters. The summed E-state index contributed by atoms with van der Waals surface area (Å²) >= 11 is 1.20. The quantitative estimate of drug-likeness (QED) is 0.502. The Morgan fingerprint density at radius 2 is 1.74 bits per heavy atom. The zero-order valence-electron chi connectivity index (χ0n) is 19.2. The highest BCUT2D eigenvalue weighted by Gasteiger charge is 2.31. The molecule has 1 aromatic heterocycles. The van der Waals surface area contributed by atoms with Gasteiger partial charge in [-0.25, -0.2) is 9.78 Å². The molecule has 3 aromatic rings. The molecule has 2 heterocycles. The van der Waals surface area contributed by atoms with Crippen molar-refractivity contribution in [3.63, 3.8) is 0 Å². The summed E-state index contributed by atoms with van der Waals surface area (Å²) in [6, 6.07) is 13.0. The lowest BCUT2D eigenvalue weighted by atomic mass is 10.2. The molecule has 1 aliphatic rings. The second kappa shape index (κ2) is 10.4. The van der Waals surface area contributed by atoms with Crippen LogP contribution in [0.2, 0.25) is 0 Å². The van der Waals surface area contributed by atoms with E-state index in [4.69, 9.17) is 14.2 Å². The molecule has 9 nitrogen and oxygen atoms in total. The zero-order valence-corrected chi connectivity index (χ0v) is 20.1. The van der Waals surface area contributed by atoms with Gasteiger partial charge in [-0.3, -0.25) is 9.69 Å². The van der Waals surface area contributed by atoms with Gasteiger partial charge in [0.2, 0.25) is 0 Å². The zero-order chi connectivity index (χ0) is 24.1. The summed E-state index contributed by atoms with van der Waals surface area (Å²) in [5, 5.41) is 3.39. The topological polar surface area (TPSA) is 93.2 Å². The van der Waals surface area contributed by atoms with Crippen LogP contribution >= 0.6 is 11.3 Å². The fraction of sp³-hybridized carbons (Fsp3) is 0.292. The van der Waals surface area contributed by atoms with Crippen LogP contribution in [0.4, 0.5) is 9.93 Å². The van der Waals surface area contributed by atoms with Crippen molar-refractivity contribution in [2.75, 3.05) is 39.3 Å². The SMILES string of the molecule is COc1ccc(CN2CCN(c3ncc(C(=O)NCc4ccc(OC)c(OC)c4)s3)C2=O)cc1. The molecular weight excluding hydrogens is 456 g/mol. The number of methoxy groups -OCH3 is 3. The highest BCUT2D eigenvalue weighted by atomic mass is 32.1. The Balaban J connectivity index is 1.35. The third-order valence-corrected chi connectivity index (χ3v) is 6.50. The lowest BCUT2D eigenvalue weighted by molar-refractivity contribution is 0.0954. The first-order valence-electron chi connectivity index (χ1n) is 10.7. The molecule has 4 rings (SSSR count). The van der Waals surface area contributed by atoms with E-state index in [1.54, 1.807) is 37.2 Å². The van der Waals surface area contributed by atoms with Crippen LogP contribution in [0.15, 0.2) is 48.7 Å². The number of anilines is 1. The van der Waals surface area contributed by atoms with Crippen molar-refractivity contribution in [3.8, 4) is 17.2 Å². The van der Waals surface area contributed by atoms with E-state index in [0.717, 1.165) is 16.9 Å². The van der Waals surface area contributed by atoms with Gasteiger partial charge in [0.05, 0.1) is 27.5 Å². The smallest absolute Gasteiger partial charge is 0.326 e. The van der Waals surface area contributed by atoms with E-state index < -0.39 is 0 Å². The average molecular weight is 483 g/mol. The van der Waals surface area contributed by atoms with Crippen LogP contribution < -0.4 is 24.4 Å². The maximum absolute atomic E-state index is 12.9. The van der Waals surface area contributed by atoms with Gasteiger partial charge in [0, 0.05) is 26.2 Å². The minimum atomic E-state index is -0.250. The number of nitrogens with one attached hydrogen (secondary N) is 1. The molecule has 1 N–H and O–H groups in total. The number of benzene rings is 2. The Hall–Kier alpha value is -3.79. The number of urea groups is 1. The fourth-order valence-electron chi connectivity index (χ4n) is 3.61. The van der Waals surface area contributed by atoms with E-state index in [1.165, 1.54) is 17.5 Å². The predicted octanol–water partition coefficient (Wildman–Crippen LogP) is 3.54. The van der Waals surface area contributed by atoms with Gasteiger partial charge in [-0.2, -0.15) is 0 Å². The van der Waals surface area contributed by atoms with Gasteiger partial charge in [0.15, 0.2) is 16.6 Å². The largest absolute Gasteiger partial charge is 0.497 e. The maximum atomic E-state index is 12.9. The third-order valence-electron chi connectivity index (χ3n) is 5.48. The summed E-state index contributed by atoms with van der Waals surface area (Å²) in [6.07, 6.45) is 1.50. The highest BCUT2D eigenvalue weighted by molar-refractivity contribution is 7.17. The molecule has 0 radical (unpaired) electrons. The molecule has 1 saturated heterocycles. The van der Waals surface area contributed by atoms with Crippen LogP contribution in [0, 0.1) is 0 Å². The number of hydrogen-bond donors (Lipinski definition) is 1. The number of rotatable bonds is 9. The molecule has 0 saturated carbocycles. The predicted molar refractivity (Wildman–Crippen MR) is 129 cm³/mol. The normalized spacial score (nSPS) is 13.2. The van der Waals surface area contributed by atoms with Gasteiger partial charge in [-0.05, 0) is 35.4 Å². The first-order valence-corrected chi connectivity index (χ1v) is 11.5. The third kappa shape index (κ3) is 5.07. The second-order valence-corrected chi connectivity index (χ2v) is 8.59. The number of aromatic nitrogens is 1. The molecule has 3 amide bonds. The monoisotopic (exact) mass is 482 g/mol. The van der Waals surface area contributed by atoms with E-state index in [-0.39, 0.29) is 11.9 Å². The summed E-state index contributed by atoms with van der Waals surface area (Å²) in [5.74, 6) is 1.75. The Kier molecular flexibility index (Phi) is 7.17. The molecule has 0 aliphatic carbocycles. The number of hydrogen-bond acceptors (Lipinski definition) is 7. The van der Waals surface area contributed by atoms with Gasteiger partial charge in [0.1, 0.15) is 10.6 Å². The molecule has 0 spiro atoms. The van der Waals surface area contributed by atoms with Crippen molar-refractivity contribution >= 4 is 28.4 Å². The Bertz CT molecular complexity index is 1160. The standard InChI is InChI=1S/C24H26N4O5S/c1-31-18-7-4-16(5-8-18)15-27-10-11-28(24(27)30)23-26-14-21(34-23)22(29)25-13-17-6-9-19(32-2)20(12-17)33-3/h4-9,12,14H,10-11,13,15H2,1-3H3,(H,25,29). The number of ether oxygens (including phenoxy) is 3. The number of carbonyl (C=O) groups is 2. The van der Waals surface area contributed by atoms with Crippen molar-refractivity contribution in [2.45, 2.75) is 13.1 Å². The summed E-state index contributed by atoms with van der Waals surface area (Å²) in [7, 11) is 4.76. The molecule has 0 unspecified atom stereocenters. The summed E-state index contributed by atoms with van der Waals surface area (Å²) in [6.45, 7) is 1.94. The van der Waals surface area contributed by atoms with Gasteiger partial charge < -0.3 is 24.4 Å². The fourth-order valence-corrected chi connectivity index (χ4v) is 4.46. The van der Waals surface area contributed by atoms with Crippen LogP contribution in [0.25, 0.3) is 0 Å². The molecule has 178 valence electrons. The van der Waals surface area contributed by atoms with Crippen LogP contribution in [-0.2, 0) is 13.1 Å². The molecule has 2 aromatic carbocycles. The van der Waals surface area contributed by atoms with Crippen molar-refractivity contribution < 1.29 is 23.8 Å². The van der Waals surface area contributed by atoms with Crippen molar-refractivity contribution in [1.82, 2.24) is 15.2 Å². The average Bonchev–Trinajstić information content (AvgIpc) is 3.50. The molecule has 1 aliphatic heterocycles. The summed E-state index contributed by atoms with van der Waals surface area (Å²) in [5.41, 5.74) is 1.89. The Morgan fingerprint density at radius 3 is 2.44 bits per heavy atom. The minimum Gasteiger partial charge on any atom is -0.497 e. The highest BCUT2D eigenvalue weighted by Crippen LogP contribution is 2.29. The van der Waals surface area contributed by atoms with Crippen LogP contribution in [0.5, 0.6) is 17.2 Å². The number of carbonyl (C=O) groups excluding carboxylic acids is 2. The van der Waals surface area contributed by atoms with Crippen LogP contribution in [0.1, 0.15) is 20.8 Å². The molecule has 10 heteroatoms. The van der Waals surface area contributed by atoms with Crippen LogP contribution in [-0.4, -0.2) is 56.2 Å². The van der Waals surface area contributed by atoms with Gasteiger partial charge in [0.25, 0.3) is 5.91 Å². The van der Waals surface area contributed by atoms with Crippen LogP contribution in [0.3, 0.4) is 0 Å². The molecule has 34 heavy (non-hydrogen) atoms. The van der Waals surface area contributed by atoms with Crippen molar-refractivity contribution in [3.05, 3.63) is 64.7 Å². The van der Waals surface area contributed by atoms with Crippen molar-refractivity contribution in [2.24, 2.45) is 0 Å². The number of nitrogens with zero attached hydrogens (tertiary/aromatic N) is 3. The first kappa shape index (κ1) is 23.4. The van der Waals surface area contributed by atoms with Gasteiger partial charge in [-0.15, -0.1) is 0 Å². The second-order valence-electron chi connectivity index (χ2n) is 7.58. The molecular formula is C24H26N4O5S. The number of amides is 3. The van der Waals surface area contributed by atoms with Gasteiger partial charge >= 0.3 is 6.03 Å².